The molecule has 1 aliphatic carbocycles. The Morgan fingerprint density at radius 3 is 2.89 bits per heavy atom. The van der Waals surface area contributed by atoms with E-state index < -0.39 is 0 Å². The molecule has 0 saturated heterocycles. The molecule has 1 aromatic heterocycles. The fraction of sp³-hybridized carbons (Fsp3) is 0.500. The van der Waals surface area contributed by atoms with Crippen molar-refractivity contribution in [3.05, 3.63) is 36.0 Å². The van der Waals surface area contributed by atoms with E-state index in [0.29, 0.717) is 0 Å². The van der Waals surface area contributed by atoms with Gasteiger partial charge in [0, 0.05) is 36.2 Å². The van der Waals surface area contributed by atoms with Crippen LogP contribution in [0.15, 0.2) is 30.5 Å². The zero-order valence-electron chi connectivity index (χ0n) is 11.7. The number of para-hydroxylation sites is 1. The molecule has 2 aromatic rings. The van der Waals surface area contributed by atoms with Crippen molar-refractivity contribution in [1.82, 2.24) is 15.2 Å². The zero-order valence-corrected chi connectivity index (χ0v) is 11.7. The van der Waals surface area contributed by atoms with Gasteiger partial charge in [-0.25, -0.2) is 0 Å². The number of fused-ring (bicyclic) bond motifs is 1. The van der Waals surface area contributed by atoms with Crippen LogP contribution in [0, 0.1) is 0 Å². The van der Waals surface area contributed by atoms with Crippen molar-refractivity contribution in [3.8, 4) is 0 Å². The van der Waals surface area contributed by atoms with E-state index in [-0.39, 0.29) is 0 Å². The molecule has 1 saturated carbocycles. The lowest BCUT2D eigenvalue weighted by Crippen LogP contribution is -2.15. The topological polar surface area (TPSA) is 29.0 Å². The molecule has 0 radical (unpaired) electrons. The SMILES string of the molecule is CNCCCn1cc(CNC2CC2)c2ccccc21. The average Bonchev–Trinajstić information content (AvgIpc) is 3.20. The van der Waals surface area contributed by atoms with Crippen LogP contribution in [-0.4, -0.2) is 24.2 Å². The molecule has 0 amide bonds. The monoisotopic (exact) mass is 257 g/mol. The zero-order chi connectivity index (χ0) is 13.1. The van der Waals surface area contributed by atoms with Crippen LogP contribution >= 0.6 is 0 Å². The lowest BCUT2D eigenvalue weighted by Gasteiger charge is -2.04. The minimum atomic E-state index is 0.770. The van der Waals surface area contributed by atoms with Crippen LogP contribution in [0.1, 0.15) is 24.8 Å². The van der Waals surface area contributed by atoms with Crippen molar-refractivity contribution in [2.75, 3.05) is 13.6 Å². The van der Waals surface area contributed by atoms with Crippen LogP contribution < -0.4 is 10.6 Å². The number of benzene rings is 1. The maximum absolute atomic E-state index is 3.62. The van der Waals surface area contributed by atoms with E-state index in [0.717, 1.165) is 25.7 Å². The molecule has 1 fully saturated rings. The van der Waals surface area contributed by atoms with Crippen molar-refractivity contribution in [1.29, 1.82) is 0 Å². The Balaban J connectivity index is 1.79. The summed E-state index contributed by atoms with van der Waals surface area (Å²) < 4.78 is 2.40. The normalized spacial score (nSPS) is 15.2. The number of hydrogen-bond donors (Lipinski definition) is 2. The maximum atomic E-state index is 3.62. The standard InChI is InChI=1S/C16H23N3/c1-17-9-4-10-19-12-13(11-18-14-7-8-14)15-5-2-3-6-16(15)19/h2-3,5-6,12,14,17-18H,4,7-11H2,1H3. The van der Waals surface area contributed by atoms with Gasteiger partial charge in [0.25, 0.3) is 0 Å². The Morgan fingerprint density at radius 1 is 1.26 bits per heavy atom. The smallest absolute Gasteiger partial charge is 0.0483 e. The van der Waals surface area contributed by atoms with Gasteiger partial charge in [-0.1, -0.05) is 18.2 Å². The predicted molar refractivity (Wildman–Crippen MR) is 80.3 cm³/mol. The number of hydrogen-bond acceptors (Lipinski definition) is 2. The van der Waals surface area contributed by atoms with Gasteiger partial charge in [-0.05, 0) is 44.5 Å². The van der Waals surface area contributed by atoms with E-state index in [1.54, 1.807) is 0 Å². The number of aromatic nitrogens is 1. The second kappa shape index (κ2) is 5.76. The van der Waals surface area contributed by atoms with Gasteiger partial charge in [-0.2, -0.15) is 0 Å². The number of aryl methyl sites for hydroxylation is 1. The van der Waals surface area contributed by atoms with Gasteiger partial charge in [0.1, 0.15) is 0 Å². The van der Waals surface area contributed by atoms with Gasteiger partial charge in [-0.15, -0.1) is 0 Å². The molecule has 0 bridgehead atoms. The summed E-state index contributed by atoms with van der Waals surface area (Å²) in [5.41, 5.74) is 2.80. The molecule has 1 heterocycles. The van der Waals surface area contributed by atoms with Gasteiger partial charge in [-0.3, -0.25) is 0 Å². The highest BCUT2D eigenvalue weighted by molar-refractivity contribution is 5.83. The van der Waals surface area contributed by atoms with Gasteiger partial charge < -0.3 is 15.2 Å². The molecule has 102 valence electrons. The predicted octanol–water partition coefficient (Wildman–Crippen LogP) is 2.50. The van der Waals surface area contributed by atoms with Crippen LogP contribution in [0.2, 0.25) is 0 Å². The molecule has 1 aliphatic rings. The highest BCUT2D eigenvalue weighted by atomic mass is 15.0. The molecular weight excluding hydrogens is 234 g/mol. The average molecular weight is 257 g/mol. The lowest BCUT2D eigenvalue weighted by molar-refractivity contribution is 0.623. The Labute approximate surface area is 115 Å². The van der Waals surface area contributed by atoms with Crippen LogP contribution in [-0.2, 0) is 13.1 Å². The summed E-state index contributed by atoms with van der Waals surface area (Å²) in [6.07, 6.45) is 6.20. The molecule has 0 unspecified atom stereocenters. The first kappa shape index (κ1) is 12.7. The summed E-state index contributed by atoms with van der Waals surface area (Å²) in [5.74, 6) is 0. The molecule has 1 aromatic carbocycles. The highest BCUT2D eigenvalue weighted by Gasteiger charge is 2.20. The molecule has 2 N–H and O–H groups in total. The first-order chi connectivity index (χ1) is 9.38. The van der Waals surface area contributed by atoms with E-state index in [4.69, 9.17) is 0 Å². The lowest BCUT2D eigenvalue weighted by atomic mass is 10.2. The third-order valence-electron chi connectivity index (χ3n) is 3.86. The quantitative estimate of drug-likeness (QED) is 0.746. The molecule has 3 heteroatoms. The molecular formula is C16H23N3. The van der Waals surface area contributed by atoms with Crippen molar-refractivity contribution in [3.63, 3.8) is 0 Å². The van der Waals surface area contributed by atoms with Gasteiger partial charge in [0.15, 0.2) is 0 Å². The fourth-order valence-corrected chi connectivity index (χ4v) is 2.62. The Kier molecular flexibility index (Phi) is 3.85. The first-order valence-electron chi connectivity index (χ1n) is 7.33. The summed E-state index contributed by atoms with van der Waals surface area (Å²) in [7, 11) is 2.01. The fourth-order valence-electron chi connectivity index (χ4n) is 2.62. The van der Waals surface area contributed by atoms with Crippen molar-refractivity contribution >= 4 is 10.9 Å². The van der Waals surface area contributed by atoms with Gasteiger partial charge in [0.2, 0.25) is 0 Å². The molecule has 0 spiro atoms. The summed E-state index contributed by atoms with van der Waals surface area (Å²) in [6.45, 7) is 3.16. The highest BCUT2D eigenvalue weighted by Crippen LogP contribution is 2.24. The van der Waals surface area contributed by atoms with Crippen LogP contribution in [0.5, 0.6) is 0 Å². The second-order valence-corrected chi connectivity index (χ2v) is 5.48. The van der Waals surface area contributed by atoms with Gasteiger partial charge in [0.05, 0.1) is 0 Å². The minimum absolute atomic E-state index is 0.770. The van der Waals surface area contributed by atoms with Crippen molar-refractivity contribution in [2.45, 2.75) is 38.4 Å². The number of rotatable bonds is 7. The summed E-state index contributed by atoms with van der Waals surface area (Å²) in [4.78, 5) is 0. The van der Waals surface area contributed by atoms with Crippen LogP contribution in [0.3, 0.4) is 0 Å². The van der Waals surface area contributed by atoms with Crippen LogP contribution in [0.4, 0.5) is 0 Å². The summed E-state index contributed by atoms with van der Waals surface area (Å²) in [6, 6.07) is 9.52. The number of nitrogens with zero attached hydrogens (tertiary/aromatic N) is 1. The van der Waals surface area contributed by atoms with Crippen LogP contribution in [0.25, 0.3) is 10.9 Å². The van der Waals surface area contributed by atoms with Crippen molar-refractivity contribution < 1.29 is 0 Å². The molecule has 3 nitrogen and oxygen atoms in total. The molecule has 3 rings (SSSR count). The maximum Gasteiger partial charge on any atom is 0.0483 e. The first-order valence-corrected chi connectivity index (χ1v) is 7.33. The Hall–Kier alpha value is -1.32. The summed E-state index contributed by atoms with van der Waals surface area (Å²) in [5, 5.41) is 8.24. The Morgan fingerprint density at radius 2 is 2.11 bits per heavy atom. The molecule has 0 aliphatic heterocycles. The Bertz CT molecular complexity index is 540. The largest absolute Gasteiger partial charge is 0.347 e. The second-order valence-electron chi connectivity index (χ2n) is 5.48. The van der Waals surface area contributed by atoms with E-state index >= 15 is 0 Å². The van der Waals surface area contributed by atoms with E-state index in [1.165, 1.54) is 35.7 Å². The third-order valence-corrected chi connectivity index (χ3v) is 3.86. The van der Waals surface area contributed by atoms with E-state index in [9.17, 15) is 0 Å². The van der Waals surface area contributed by atoms with Gasteiger partial charge >= 0.3 is 0 Å². The van der Waals surface area contributed by atoms with E-state index in [2.05, 4.69) is 45.7 Å². The molecule has 19 heavy (non-hydrogen) atoms. The molecule has 0 atom stereocenters. The minimum Gasteiger partial charge on any atom is -0.347 e. The summed E-state index contributed by atoms with van der Waals surface area (Å²) >= 11 is 0. The van der Waals surface area contributed by atoms with E-state index in [1.807, 2.05) is 7.05 Å². The van der Waals surface area contributed by atoms with Crippen molar-refractivity contribution in [2.24, 2.45) is 0 Å². The number of nitrogens with one attached hydrogen (secondary N) is 2. The third kappa shape index (κ3) is 2.99.